The van der Waals surface area contributed by atoms with Gasteiger partial charge < -0.3 is 15.5 Å². The highest BCUT2D eigenvalue weighted by Gasteiger charge is 2.09. The third-order valence-corrected chi connectivity index (χ3v) is 3.53. The Hall–Kier alpha value is -1.40. The van der Waals surface area contributed by atoms with Crippen LogP contribution in [0.3, 0.4) is 0 Å². The Morgan fingerprint density at radius 2 is 1.95 bits per heavy atom. The first-order chi connectivity index (χ1) is 9.38. The third kappa shape index (κ3) is 6.16. The van der Waals surface area contributed by atoms with E-state index in [-0.39, 0.29) is 18.2 Å². The van der Waals surface area contributed by atoms with Gasteiger partial charge in [-0.05, 0) is 44.8 Å². The lowest BCUT2D eigenvalue weighted by Crippen LogP contribution is -2.33. The number of likely N-dealkylation sites (N-methyl/N-ethyl adjacent to an activating group) is 1. The molecule has 0 aromatic heterocycles. The molecule has 0 atom stereocenters. The predicted molar refractivity (Wildman–Crippen MR) is 83.7 cm³/mol. The van der Waals surface area contributed by atoms with E-state index in [0.29, 0.717) is 12.2 Å². The Labute approximate surface area is 127 Å². The van der Waals surface area contributed by atoms with Crippen molar-refractivity contribution in [3.8, 4) is 0 Å². The molecule has 0 aliphatic rings. The molecule has 0 saturated heterocycles. The van der Waals surface area contributed by atoms with E-state index in [1.54, 1.807) is 6.07 Å². The minimum Gasteiger partial charge on any atom is -0.354 e. The molecular weight excluding hydrogens is 322 g/mol. The van der Waals surface area contributed by atoms with Gasteiger partial charge >= 0.3 is 0 Å². The molecule has 1 aromatic rings. The first-order valence-corrected chi connectivity index (χ1v) is 7.15. The standard InChI is InChI=1S/C14H20BrN3O2/c1-10-8-11(4-5-12(10)15)17-14(20)9-13(19)16-6-7-18(2)3/h4-5,8H,6-7,9H2,1-3H3,(H,16,19)(H,17,20). The summed E-state index contributed by atoms with van der Waals surface area (Å²) < 4.78 is 0.983. The minimum atomic E-state index is -0.311. The highest BCUT2D eigenvalue weighted by atomic mass is 79.9. The highest BCUT2D eigenvalue weighted by Crippen LogP contribution is 2.19. The van der Waals surface area contributed by atoms with Crippen LogP contribution < -0.4 is 10.6 Å². The van der Waals surface area contributed by atoms with Crippen molar-refractivity contribution in [1.29, 1.82) is 0 Å². The zero-order chi connectivity index (χ0) is 15.1. The van der Waals surface area contributed by atoms with E-state index in [4.69, 9.17) is 0 Å². The van der Waals surface area contributed by atoms with Crippen molar-refractivity contribution in [1.82, 2.24) is 10.2 Å². The van der Waals surface area contributed by atoms with E-state index < -0.39 is 0 Å². The summed E-state index contributed by atoms with van der Waals surface area (Å²) in [6.45, 7) is 3.23. The topological polar surface area (TPSA) is 61.4 Å². The van der Waals surface area contributed by atoms with Crippen molar-refractivity contribution in [3.05, 3.63) is 28.2 Å². The van der Waals surface area contributed by atoms with Gasteiger partial charge in [-0.3, -0.25) is 9.59 Å². The number of nitrogens with zero attached hydrogens (tertiary/aromatic N) is 1. The molecule has 0 unspecified atom stereocenters. The van der Waals surface area contributed by atoms with Crippen molar-refractivity contribution in [2.45, 2.75) is 13.3 Å². The van der Waals surface area contributed by atoms with Gasteiger partial charge in [-0.1, -0.05) is 15.9 Å². The molecule has 0 spiro atoms. The number of amides is 2. The monoisotopic (exact) mass is 341 g/mol. The van der Waals surface area contributed by atoms with Crippen molar-refractivity contribution >= 4 is 33.4 Å². The van der Waals surface area contributed by atoms with Gasteiger partial charge in [0.1, 0.15) is 6.42 Å². The number of hydrogen-bond donors (Lipinski definition) is 2. The number of nitrogens with one attached hydrogen (secondary N) is 2. The van der Waals surface area contributed by atoms with Crippen molar-refractivity contribution < 1.29 is 9.59 Å². The number of carbonyl (C=O) groups excluding carboxylic acids is 2. The number of carbonyl (C=O) groups is 2. The average Bonchev–Trinajstić information content (AvgIpc) is 2.33. The lowest BCUT2D eigenvalue weighted by atomic mass is 10.2. The fraction of sp³-hybridized carbons (Fsp3) is 0.429. The molecule has 0 heterocycles. The molecule has 110 valence electrons. The average molecular weight is 342 g/mol. The van der Waals surface area contributed by atoms with Crippen LogP contribution in [-0.2, 0) is 9.59 Å². The zero-order valence-electron chi connectivity index (χ0n) is 12.0. The number of anilines is 1. The van der Waals surface area contributed by atoms with Crippen LogP contribution in [0.15, 0.2) is 22.7 Å². The second-order valence-corrected chi connectivity index (χ2v) is 5.70. The molecular formula is C14H20BrN3O2. The van der Waals surface area contributed by atoms with Gasteiger partial charge in [-0.25, -0.2) is 0 Å². The van der Waals surface area contributed by atoms with Crippen LogP contribution in [-0.4, -0.2) is 43.9 Å². The summed E-state index contributed by atoms with van der Waals surface area (Å²) >= 11 is 3.40. The van der Waals surface area contributed by atoms with E-state index in [1.807, 2.05) is 38.1 Å². The first kappa shape index (κ1) is 16.7. The van der Waals surface area contributed by atoms with Gasteiger partial charge in [-0.2, -0.15) is 0 Å². The summed E-state index contributed by atoms with van der Waals surface area (Å²) in [6.07, 6.45) is -0.164. The van der Waals surface area contributed by atoms with E-state index in [2.05, 4.69) is 26.6 Å². The largest absolute Gasteiger partial charge is 0.354 e. The molecule has 0 aliphatic heterocycles. The Morgan fingerprint density at radius 3 is 2.55 bits per heavy atom. The fourth-order valence-corrected chi connectivity index (χ4v) is 1.80. The quantitative estimate of drug-likeness (QED) is 0.775. The van der Waals surface area contributed by atoms with E-state index in [0.717, 1.165) is 16.6 Å². The molecule has 2 N–H and O–H groups in total. The van der Waals surface area contributed by atoms with Crippen LogP contribution in [0.5, 0.6) is 0 Å². The van der Waals surface area contributed by atoms with Crippen LogP contribution in [0.1, 0.15) is 12.0 Å². The molecule has 1 rings (SSSR count). The smallest absolute Gasteiger partial charge is 0.233 e. The summed E-state index contributed by atoms with van der Waals surface area (Å²) in [4.78, 5) is 25.2. The SMILES string of the molecule is Cc1cc(NC(=O)CC(=O)NCCN(C)C)ccc1Br. The van der Waals surface area contributed by atoms with Crippen LogP contribution in [0, 0.1) is 6.92 Å². The summed E-state index contributed by atoms with van der Waals surface area (Å²) in [5.41, 5.74) is 1.72. The molecule has 20 heavy (non-hydrogen) atoms. The number of aryl methyl sites for hydroxylation is 1. The third-order valence-electron chi connectivity index (χ3n) is 2.64. The van der Waals surface area contributed by atoms with E-state index in [9.17, 15) is 9.59 Å². The Morgan fingerprint density at radius 1 is 1.25 bits per heavy atom. The molecule has 5 nitrogen and oxygen atoms in total. The van der Waals surface area contributed by atoms with Gasteiger partial charge in [0.2, 0.25) is 11.8 Å². The van der Waals surface area contributed by atoms with Gasteiger partial charge in [0.15, 0.2) is 0 Å². The Bertz CT molecular complexity index is 489. The second-order valence-electron chi connectivity index (χ2n) is 4.84. The molecule has 2 amide bonds. The molecule has 1 aromatic carbocycles. The number of halogens is 1. The first-order valence-electron chi connectivity index (χ1n) is 6.36. The lowest BCUT2D eigenvalue weighted by molar-refractivity contribution is -0.126. The van der Waals surface area contributed by atoms with Crippen molar-refractivity contribution in [2.75, 3.05) is 32.5 Å². The molecule has 0 bridgehead atoms. The predicted octanol–water partition coefficient (Wildman–Crippen LogP) is 1.76. The molecule has 0 radical (unpaired) electrons. The number of benzene rings is 1. The van der Waals surface area contributed by atoms with Crippen molar-refractivity contribution in [2.24, 2.45) is 0 Å². The number of rotatable bonds is 6. The molecule has 0 fully saturated rings. The minimum absolute atomic E-state index is 0.164. The Balaban J connectivity index is 2.39. The zero-order valence-corrected chi connectivity index (χ0v) is 13.6. The fourth-order valence-electron chi connectivity index (χ4n) is 1.55. The number of hydrogen-bond acceptors (Lipinski definition) is 3. The lowest BCUT2D eigenvalue weighted by Gasteiger charge is -2.10. The Kier molecular flexibility index (Phi) is 6.67. The van der Waals surface area contributed by atoms with Gasteiger partial charge in [-0.15, -0.1) is 0 Å². The maximum absolute atomic E-state index is 11.7. The van der Waals surface area contributed by atoms with Gasteiger partial charge in [0, 0.05) is 23.2 Å². The second kappa shape index (κ2) is 8.01. The molecule has 0 aliphatic carbocycles. The van der Waals surface area contributed by atoms with Crippen LogP contribution >= 0.6 is 15.9 Å². The molecule has 0 saturated carbocycles. The van der Waals surface area contributed by atoms with E-state index >= 15 is 0 Å². The van der Waals surface area contributed by atoms with Crippen LogP contribution in [0.25, 0.3) is 0 Å². The summed E-state index contributed by atoms with van der Waals surface area (Å²) in [5.74, 6) is -0.577. The normalized spacial score (nSPS) is 10.4. The van der Waals surface area contributed by atoms with Gasteiger partial charge in [0.05, 0.1) is 0 Å². The van der Waals surface area contributed by atoms with E-state index in [1.165, 1.54) is 0 Å². The van der Waals surface area contributed by atoms with Crippen LogP contribution in [0.2, 0.25) is 0 Å². The maximum atomic E-state index is 11.7. The summed E-state index contributed by atoms with van der Waals surface area (Å²) in [5, 5.41) is 5.41. The summed E-state index contributed by atoms with van der Waals surface area (Å²) in [6, 6.07) is 5.51. The highest BCUT2D eigenvalue weighted by molar-refractivity contribution is 9.10. The van der Waals surface area contributed by atoms with Gasteiger partial charge in [0.25, 0.3) is 0 Å². The van der Waals surface area contributed by atoms with Crippen molar-refractivity contribution in [3.63, 3.8) is 0 Å². The summed E-state index contributed by atoms with van der Waals surface area (Å²) in [7, 11) is 3.85. The van der Waals surface area contributed by atoms with Crippen LogP contribution in [0.4, 0.5) is 5.69 Å². The molecule has 6 heteroatoms. The maximum Gasteiger partial charge on any atom is 0.233 e.